The number of nitrogens with one attached hydrogen (secondary N) is 2. The molecule has 134 valence electrons. The molecule has 0 saturated carbocycles. The molecule has 0 atom stereocenters. The van der Waals surface area contributed by atoms with E-state index in [1.54, 1.807) is 7.05 Å². The highest BCUT2D eigenvalue weighted by Crippen LogP contribution is 2.16. The minimum Gasteiger partial charge on any atom is -0.356 e. The van der Waals surface area contributed by atoms with Crippen LogP contribution in [-0.2, 0) is 6.42 Å². The molecule has 1 fully saturated rings. The molecule has 0 bridgehead atoms. The number of guanidine groups is 1. The second kappa shape index (κ2) is 9.99. The quantitative estimate of drug-likeness (QED) is 0.439. The number of piperidine rings is 1. The van der Waals surface area contributed by atoms with Crippen molar-refractivity contribution in [2.24, 2.45) is 10.9 Å². The average molecular weight is 399 g/mol. The number of hydrogen-bond donors (Lipinski definition) is 2. The Hall–Kier alpha value is -1.14. The maximum absolute atomic E-state index is 13.8. The number of aryl methyl sites for hydroxylation is 1. The molecule has 0 radical (unpaired) electrons. The second-order valence-corrected chi connectivity index (χ2v) is 7.38. The summed E-state index contributed by atoms with van der Waals surface area (Å²) in [6.07, 6.45) is 4.07. The first-order chi connectivity index (χ1) is 11.6. The minimum absolute atomic E-state index is 0.144. The van der Waals surface area contributed by atoms with Gasteiger partial charge in [0, 0.05) is 24.6 Å². The standard InChI is InChI=1S/C18H28BrFN4/c1-21-18(23-13-14-7-10-24(2)11-8-14)22-9-3-4-15-5-6-16(19)12-17(15)20/h5-6,12,14H,3-4,7-11,13H2,1-2H3,(H2,21,22,23). The first-order valence-corrected chi connectivity index (χ1v) is 9.44. The predicted molar refractivity (Wildman–Crippen MR) is 102 cm³/mol. The fraction of sp³-hybridized carbons (Fsp3) is 0.611. The zero-order chi connectivity index (χ0) is 17.4. The molecule has 2 N–H and O–H groups in total. The molecular weight excluding hydrogens is 371 g/mol. The summed E-state index contributed by atoms with van der Waals surface area (Å²) in [6.45, 7) is 4.10. The molecule has 1 heterocycles. The van der Waals surface area contributed by atoms with Crippen molar-refractivity contribution in [1.29, 1.82) is 0 Å². The maximum atomic E-state index is 13.8. The Balaban J connectivity index is 1.64. The third-order valence-electron chi connectivity index (χ3n) is 4.55. The van der Waals surface area contributed by atoms with Crippen LogP contribution in [0.5, 0.6) is 0 Å². The van der Waals surface area contributed by atoms with Gasteiger partial charge in [-0.1, -0.05) is 22.0 Å². The number of rotatable bonds is 6. The molecule has 0 aliphatic carbocycles. The van der Waals surface area contributed by atoms with Crippen LogP contribution >= 0.6 is 15.9 Å². The van der Waals surface area contributed by atoms with E-state index < -0.39 is 0 Å². The molecule has 0 spiro atoms. The van der Waals surface area contributed by atoms with E-state index in [4.69, 9.17) is 0 Å². The molecule has 24 heavy (non-hydrogen) atoms. The molecule has 1 aromatic rings. The van der Waals surface area contributed by atoms with Gasteiger partial charge in [-0.25, -0.2) is 4.39 Å². The van der Waals surface area contributed by atoms with Gasteiger partial charge >= 0.3 is 0 Å². The van der Waals surface area contributed by atoms with Crippen LogP contribution in [0.2, 0.25) is 0 Å². The van der Waals surface area contributed by atoms with Crippen LogP contribution in [-0.4, -0.2) is 51.1 Å². The van der Waals surface area contributed by atoms with Gasteiger partial charge in [-0.3, -0.25) is 4.99 Å². The molecular formula is C18H28BrFN4. The van der Waals surface area contributed by atoms with Crippen LogP contribution in [0, 0.1) is 11.7 Å². The maximum Gasteiger partial charge on any atom is 0.190 e. The van der Waals surface area contributed by atoms with E-state index in [1.165, 1.54) is 32.0 Å². The summed E-state index contributed by atoms with van der Waals surface area (Å²) in [5.41, 5.74) is 0.759. The molecule has 1 aliphatic heterocycles. The zero-order valence-electron chi connectivity index (χ0n) is 14.6. The highest BCUT2D eigenvalue weighted by Gasteiger charge is 2.16. The third kappa shape index (κ3) is 6.40. The van der Waals surface area contributed by atoms with Crippen LogP contribution in [0.15, 0.2) is 27.7 Å². The molecule has 0 aromatic heterocycles. The zero-order valence-corrected chi connectivity index (χ0v) is 16.2. The van der Waals surface area contributed by atoms with Gasteiger partial charge in [-0.15, -0.1) is 0 Å². The fourth-order valence-electron chi connectivity index (χ4n) is 2.94. The predicted octanol–water partition coefficient (Wildman–Crippen LogP) is 3.03. The van der Waals surface area contributed by atoms with E-state index in [1.807, 2.05) is 12.1 Å². The van der Waals surface area contributed by atoms with Gasteiger partial charge in [0.1, 0.15) is 5.82 Å². The molecule has 1 aromatic carbocycles. The SMILES string of the molecule is CN=C(NCCCc1ccc(Br)cc1F)NCC1CCN(C)CC1. The average Bonchev–Trinajstić information content (AvgIpc) is 2.57. The van der Waals surface area contributed by atoms with E-state index in [0.717, 1.165) is 47.8 Å². The largest absolute Gasteiger partial charge is 0.356 e. The lowest BCUT2D eigenvalue weighted by Gasteiger charge is -2.29. The van der Waals surface area contributed by atoms with Crippen molar-refractivity contribution >= 4 is 21.9 Å². The van der Waals surface area contributed by atoms with Crippen molar-refractivity contribution in [2.45, 2.75) is 25.7 Å². The van der Waals surface area contributed by atoms with E-state index in [0.29, 0.717) is 0 Å². The number of hydrogen-bond acceptors (Lipinski definition) is 2. The number of benzene rings is 1. The minimum atomic E-state index is -0.144. The third-order valence-corrected chi connectivity index (χ3v) is 5.04. The molecule has 1 saturated heterocycles. The van der Waals surface area contributed by atoms with Gasteiger partial charge in [-0.2, -0.15) is 0 Å². The van der Waals surface area contributed by atoms with Crippen molar-refractivity contribution in [1.82, 2.24) is 15.5 Å². The summed E-state index contributed by atoms with van der Waals surface area (Å²) in [5.74, 6) is 1.41. The first kappa shape index (κ1) is 19.2. The van der Waals surface area contributed by atoms with Crippen molar-refractivity contribution in [2.75, 3.05) is 40.3 Å². The number of nitrogens with zero attached hydrogens (tertiary/aromatic N) is 2. The topological polar surface area (TPSA) is 39.7 Å². The molecule has 0 unspecified atom stereocenters. The summed E-state index contributed by atoms with van der Waals surface area (Å²) in [6, 6.07) is 5.24. The number of aliphatic imine (C=N–C) groups is 1. The Morgan fingerprint density at radius 2 is 2.08 bits per heavy atom. The lowest BCUT2D eigenvalue weighted by Crippen LogP contribution is -2.42. The van der Waals surface area contributed by atoms with Gasteiger partial charge in [0.15, 0.2) is 5.96 Å². The van der Waals surface area contributed by atoms with E-state index in [-0.39, 0.29) is 5.82 Å². The van der Waals surface area contributed by atoms with Crippen LogP contribution in [0.1, 0.15) is 24.8 Å². The van der Waals surface area contributed by atoms with Gasteiger partial charge < -0.3 is 15.5 Å². The van der Waals surface area contributed by atoms with Crippen LogP contribution in [0.4, 0.5) is 4.39 Å². The summed E-state index contributed by atoms with van der Waals surface area (Å²) >= 11 is 3.28. The van der Waals surface area contributed by atoms with E-state index >= 15 is 0 Å². The monoisotopic (exact) mass is 398 g/mol. The van der Waals surface area contributed by atoms with Crippen molar-refractivity contribution in [3.63, 3.8) is 0 Å². The Kier molecular flexibility index (Phi) is 7.99. The normalized spacial score (nSPS) is 17.1. The van der Waals surface area contributed by atoms with Gasteiger partial charge in [-0.05, 0) is 69.4 Å². The molecule has 4 nitrogen and oxygen atoms in total. The second-order valence-electron chi connectivity index (χ2n) is 6.47. The van der Waals surface area contributed by atoms with Gasteiger partial charge in [0.2, 0.25) is 0 Å². The van der Waals surface area contributed by atoms with Crippen molar-refractivity contribution in [3.05, 3.63) is 34.1 Å². The van der Waals surface area contributed by atoms with Crippen molar-refractivity contribution < 1.29 is 4.39 Å². The van der Waals surface area contributed by atoms with Crippen molar-refractivity contribution in [3.8, 4) is 0 Å². The molecule has 2 rings (SSSR count). The number of likely N-dealkylation sites (tertiary alicyclic amines) is 1. The van der Waals surface area contributed by atoms with E-state index in [2.05, 4.69) is 43.5 Å². The lowest BCUT2D eigenvalue weighted by molar-refractivity contribution is 0.220. The Morgan fingerprint density at radius 1 is 1.33 bits per heavy atom. The van der Waals surface area contributed by atoms with Crippen LogP contribution < -0.4 is 10.6 Å². The molecule has 6 heteroatoms. The molecule has 1 aliphatic rings. The summed E-state index contributed by atoms with van der Waals surface area (Å²) in [4.78, 5) is 6.64. The fourth-order valence-corrected chi connectivity index (χ4v) is 3.27. The number of halogens is 2. The Morgan fingerprint density at radius 3 is 2.75 bits per heavy atom. The Bertz CT molecular complexity index is 542. The summed E-state index contributed by atoms with van der Waals surface area (Å²) in [7, 11) is 3.97. The smallest absolute Gasteiger partial charge is 0.190 e. The summed E-state index contributed by atoms with van der Waals surface area (Å²) in [5, 5.41) is 6.73. The Labute approximate surface area is 153 Å². The highest BCUT2D eigenvalue weighted by atomic mass is 79.9. The van der Waals surface area contributed by atoms with Gasteiger partial charge in [0.25, 0.3) is 0 Å². The highest BCUT2D eigenvalue weighted by molar-refractivity contribution is 9.10. The van der Waals surface area contributed by atoms with Crippen LogP contribution in [0.3, 0.4) is 0 Å². The van der Waals surface area contributed by atoms with Crippen LogP contribution in [0.25, 0.3) is 0 Å². The lowest BCUT2D eigenvalue weighted by atomic mass is 9.97. The first-order valence-electron chi connectivity index (χ1n) is 8.65. The van der Waals surface area contributed by atoms with E-state index in [9.17, 15) is 4.39 Å². The molecule has 0 amide bonds. The summed E-state index contributed by atoms with van der Waals surface area (Å²) < 4.78 is 14.5. The van der Waals surface area contributed by atoms with Gasteiger partial charge in [0.05, 0.1) is 0 Å².